The van der Waals surface area contributed by atoms with Gasteiger partial charge in [-0.05, 0) is 67.3 Å². The zero-order chi connectivity index (χ0) is 18.0. The van der Waals surface area contributed by atoms with Crippen molar-refractivity contribution in [3.05, 3.63) is 60.8 Å². The molecule has 0 aromatic heterocycles. The van der Waals surface area contributed by atoms with E-state index in [0.29, 0.717) is 17.8 Å². The molecule has 0 aliphatic heterocycles. The standard InChI is InChI=1S/C24H33N/c1-6-17(3)19-7-8-20-23(19,5)13-11-21-22(4)12-9-16(2)15-18(22)10-14-24(20,21)25/h6,9,12,15,19-21H,1-3,7-8,10-11,13-14,25H2,4-5H3. The Balaban J connectivity index is 1.74. The second kappa shape index (κ2) is 5.33. The predicted molar refractivity (Wildman–Crippen MR) is 107 cm³/mol. The molecule has 2 N–H and O–H groups in total. The fraction of sp³-hybridized carbons (Fsp3) is 0.583. The molecule has 1 nitrogen and oxygen atoms in total. The van der Waals surface area contributed by atoms with Crippen molar-refractivity contribution < 1.29 is 0 Å². The largest absolute Gasteiger partial charge is 0.325 e. The Kier molecular flexibility index (Phi) is 3.64. The average Bonchev–Trinajstić information content (AvgIpc) is 2.93. The van der Waals surface area contributed by atoms with Crippen LogP contribution in [0.25, 0.3) is 0 Å². The summed E-state index contributed by atoms with van der Waals surface area (Å²) in [5, 5.41) is 0. The second-order valence-corrected chi connectivity index (χ2v) is 9.53. The van der Waals surface area contributed by atoms with Crippen LogP contribution in [0.15, 0.2) is 60.8 Å². The molecule has 0 saturated heterocycles. The van der Waals surface area contributed by atoms with Crippen LogP contribution in [0.4, 0.5) is 0 Å². The maximum Gasteiger partial charge on any atom is 0.0231 e. The van der Waals surface area contributed by atoms with Crippen molar-refractivity contribution in [2.75, 3.05) is 0 Å². The Morgan fingerprint density at radius 3 is 2.68 bits per heavy atom. The van der Waals surface area contributed by atoms with Gasteiger partial charge >= 0.3 is 0 Å². The normalized spacial score (nSPS) is 48.2. The third-order valence-electron chi connectivity index (χ3n) is 8.56. The van der Waals surface area contributed by atoms with Crippen LogP contribution < -0.4 is 5.73 Å². The minimum absolute atomic E-state index is 0.0572. The van der Waals surface area contributed by atoms with E-state index in [1.54, 1.807) is 5.57 Å². The van der Waals surface area contributed by atoms with Gasteiger partial charge in [-0.15, -0.1) is 0 Å². The fourth-order valence-electron chi connectivity index (χ4n) is 7.24. The first kappa shape index (κ1) is 17.1. The molecule has 3 fully saturated rings. The van der Waals surface area contributed by atoms with Gasteiger partial charge in [-0.25, -0.2) is 0 Å². The van der Waals surface area contributed by atoms with Crippen LogP contribution in [-0.2, 0) is 0 Å². The van der Waals surface area contributed by atoms with Crippen molar-refractivity contribution in [2.24, 2.45) is 34.3 Å². The molecule has 4 aliphatic rings. The molecule has 0 heterocycles. The van der Waals surface area contributed by atoms with E-state index in [1.165, 1.54) is 31.3 Å². The van der Waals surface area contributed by atoms with Crippen LogP contribution in [0, 0.1) is 28.6 Å². The average molecular weight is 336 g/mol. The summed E-state index contributed by atoms with van der Waals surface area (Å²) in [6.07, 6.45) is 16.1. The first-order valence-corrected chi connectivity index (χ1v) is 9.95. The highest BCUT2D eigenvalue weighted by Gasteiger charge is 2.64. The number of hydrogen-bond donors (Lipinski definition) is 1. The van der Waals surface area contributed by atoms with Gasteiger partial charge in [0.25, 0.3) is 0 Å². The Morgan fingerprint density at radius 1 is 1.20 bits per heavy atom. The maximum atomic E-state index is 7.33. The van der Waals surface area contributed by atoms with Crippen molar-refractivity contribution in [3.8, 4) is 0 Å². The Bertz CT molecular complexity index is 710. The van der Waals surface area contributed by atoms with E-state index >= 15 is 0 Å². The topological polar surface area (TPSA) is 26.0 Å². The van der Waals surface area contributed by atoms with Gasteiger partial charge in [0.05, 0.1) is 0 Å². The molecule has 0 spiro atoms. The summed E-state index contributed by atoms with van der Waals surface area (Å²) in [6, 6.07) is 0. The van der Waals surface area contributed by atoms with Gasteiger partial charge in [-0.3, -0.25) is 0 Å². The molecule has 3 saturated carbocycles. The lowest BCUT2D eigenvalue weighted by Gasteiger charge is -2.62. The van der Waals surface area contributed by atoms with Crippen LogP contribution in [0.5, 0.6) is 0 Å². The lowest BCUT2D eigenvalue weighted by molar-refractivity contribution is -0.0488. The molecule has 4 aliphatic carbocycles. The number of fused-ring (bicyclic) bond motifs is 5. The van der Waals surface area contributed by atoms with E-state index in [4.69, 9.17) is 5.73 Å². The lowest BCUT2D eigenvalue weighted by atomic mass is 9.44. The van der Waals surface area contributed by atoms with Crippen molar-refractivity contribution in [1.82, 2.24) is 0 Å². The van der Waals surface area contributed by atoms with E-state index in [9.17, 15) is 0 Å². The van der Waals surface area contributed by atoms with Gasteiger partial charge in [-0.2, -0.15) is 0 Å². The Labute approximate surface area is 153 Å². The van der Waals surface area contributed by atoms with Crippen LogP contribution in [0.1, 0.15) is 52.4 Å². The van der Waals surface area contributed by atoms with Crippen LogP contribution >= 0.6 is 0 Å². The molecule has 0 aromatic rings. The zero-order valence-corrected chi connectivity index (χ0v) is 16.0. The van der Waals surface area contributed by atoms with Crippen LogP contribution in [0.3, 0.4) is 0 Å². The minimum Gasteiger partial charge on any atom is -0.325 e. The molecule has 0 bridgehead atoms. The highest BCUT2D eigenvalue weighted by molar-refractivity contribution is 5.45. The predicted octanol–water partition coefficient (Wildman–Crippen LogP) is 5.72. The van der Waals surface area contributed by atoms with Crippen LogP contribution in [-0.4, -0.2) is 5.54 Å². The molecule has 0 amide bonds. The molecule has 134 valence electrons. The molecular formula is C24H33N. The first-order chi connectivity index (χ1) is 11.8. The van der Waals surface area contributed by atoms with Crippen molar-refractivity contribution in [1.29, 1.82) is 0 Å². The summed E-state index contributed by atoms with van der Waals surface area (Å²) in [4.78, 5) is 0. The Hall–Kier alpha value is -1.34. The third-order valence-corrected chi connectivity index (χ3v) is 8.56. The molecule has 6 unspecified atom stereocenters. The van der Waals surface area contributed by atoms with Crippen molar-refractivity contribution in [2.45, 2.75) is 57.9 Å². The Morgan fingerprint density at radius 2 is 1.96 bits per heavy atom. The van der Waals surface area contributed by atoms with E-state index in [2.05, 4.69) is 51.8 Å². The van der Waals surface area contributed by atoms with Crippen molar-refractivity contribution >= 4 is 0 Å². The van der Waals surface area contributed by atoms with E-state index in [0.717, 1.165) is 18.4 Å². The maximum absolute atomic E-state index is 7.33. The number of allylic oxidation sites excluding steroid dienone is 7. The summed E-state index contributed by atoms with van der Waals surface area (Å²) >= 11 is 0. The fourth-order valence-corrected chi connectivity index (χ4v) is 7.24. The smallest absolute Gasteiger partial charge is 0.0231 e. The van der Waals surface area contributed by atoms with Gasteiger partial charge < -0.3 is 5.73 Å². The summed E-state index contributed by atoms with van der Waals surface area (Å²) in [5.74, 6) is 1.69. The molecule has 6 atom stereocenters. The summed E-state index contributed by atoms with van der Waals surface area (Å²) < 4.78 is 0. The van der Waals surface area contributed by atoms with Gasteiger partial charge in [-0.1, -0.05) is 69.0 Å². The first-order valence-electron chi connectivity index (χ1n) is 9.95. The zero-order valence-electron chi connectivity index (χ0n) is 16.0. The number of nitrogens with two attached hydrogens (primary N) is 1. The van der Waals surface area contributed by atoms with Gasteiger partial charge in [0.1, 0.15) is 0 Å². The second-order valence-electron chi connectivity index (χ2n) is 9.53. The van der Waals surface area contributed by atoms with E-state index < -0.39 is 0 Å². The number of hydrogen-bond acceptors (Lipinski definition) is 1. The third kappa shape index (κ3) is 2.11. The lowest BCUT2D eigenvalue weighted by Crippen LogP contribution is -2.66. The highest BCUT2D eigenvalue weighted by atomic mass is 14.9. The number of rotatable bonds is 2. The molecule has 1 heteroatoms. The SMILES string of the molecule is C=CC(=C)C1CCC2C1(C)CCC1C3(C)C=CC(=C)C=C3CCC12N. The quantitative estimate of drug-likeness (QED) is 0.642. The monoisotopic (exact) mass is 335 g/mol. The summed E-state index contributed by atoms with van der Waals surface area (Å²) in [7, 11) is 0. The molecule has 0 radical (unpaired) electrons. The molecule has 4 rings (SSSR count). The molecular weight excluding hydrogens is 302 g/mol. The molecule has 25 heavy (non-hydrogen) atoms. The summed E-state index contributed by atoms with van der Waals surface area (Å²) in [5.41, 5.74) is 11.6. The summed E-state index contributed by atoms with van der Waals surface area (Å²) in [6.45, 7) is 17.4. The van der Waals surface area contributed by atoms with E-state index in [-0.39, 0.29) is 16.4 Å². The van der Waals surface area contributed by atoms with Gasteiger partial charge in [0.15, 0.2) is 0 Å². The van der Waals surface area contributed by atoms with Crippen LogP contribution in [0.2, 0.25) is 0 Å². The minimum atomic E-state index is -0.0572. The van der Waals surface area contributed by atoms with Gasteiger partial charge in [0, 0.05) is 11.0 Å². The highest BCUT2D eigenvalue weighted by Crippen LogP contribution is 2.67. The van der Waals surface area contributed by atoms with E-state index in [1.807, 2.05) is 6.08 Å². The molecule has 0 aromatic carbocycles. The van der Waals surface area contributed by atoms with Gasteiger partial charge in [0.2, 0.25) is 0 Å². The van der Waals surface area contributed by atoms with Crippen molar-refractivity contribution in [3.63, 3.8) is 0 Å².